The Bertz CT molecular complexity index is 374. The van der Waals surface area contributed by atoms with E-state index in [0.29, 0.717) is 5.75 Å². The first-order chi connectivity index (χ1) is 6.63. The van der Waals surface area contributed by atoms with Gasteiger partial charge in [0.2, 0.25) is 5.91 Å². The molecule has 0 saturated heterocycles. The molecule has 1 amide bonds. The lowest BCUT2D eigenvalue weighted by Gasteiger charge is -2.04. The maximum Gasteiger partial charge on any atom is 0.241 e. The molecule has 3 nitrogen and oxygen atoms in total. The Balaban J connectivity index is 3.04. The van der Waals surface area contributed by atoms with Crippen LogP contribution >= 0.6 is 15.9 Å². The maximum absolute atomic E-state index is 10.5. The van der Waals surface area contributed by atoms with E-state index in [4.69, 9.17) is 10.5 Å². The molecule has 0 radical (unpaired) electrons. The van der Waals surface area contributed by atoms with E-state index in [1.165, 1.54) is 6.08 Å². The number of benzene rings is 1. The number of ether oxygens (including phenoxy) is 1. The lowest BCUT2D eigenvalue weighted by Crippen LogP contribution is -2.05. The van der Waals surface area contributed by atoms with Gasteiger partial charge < -0.3 is 10.5 Å². The van der Waals surface area contributed by atoms with E-state index >= 15 is 0 Å². The number of carbonyl (C=O) groups excluding carboxylic acids is 1. The molecule has 0 atom stereocenters. The minimum atomic E-state index is -0.480. The van der Waals surface area contributed by atoms with Crippen LogP contribution in [0.2, 0.25) is 0 Å². The number of nitrogens with two attached hydrogens (primary N) is 1. The number of halogens is 1. The molecule has 1 rings (SSSR count). The van der Waals surface area contributed by atoms with Gasteiger partial charge in [0.1, 0.15) is 5.75 Å². The second-order valence-electron chi connectivity index (χ2n) is 2.62. The maximum atomic E-state index is 10.5. The number of methoxy groups -OCH3 is 1. The van der Waals surface area contributed by atoms with Crippen LogP contribution in [0.15, 0.2) is 28.7 Å². The fourth-order valence-electron chi connectivity index (χ4n) is 1.01. The number of hydrogen-bond donors (Lipinski definition) is 1. The van der Waals surface area contributed by atoms with Gasteiger partial charge in [-0.25, -0.2) is 0 Å². The number of carbonyl (C=O) groups is 1. The summed E-state index contributed by atoms with van der Waals surface area (Å²) < 4.78 is 6.03. The molecule has 74 valence electrons. The molecule has 1 aromatic carbocycles. The SMILES string of the molecule is COc1ccc(Br)cc1/C=C\C(N)=O. The normalized spacial score (nSPS) is 10.4. The van der Waals surface area contributed by atoms with Crippen LogP contribution in [0.25, 0.3) is 6.08 Å². The van der Waals surface area contributed by atoms with Crippen molar-refractivity contribution >= 4 is 27.9 Å². The van der Waals surface area contributed by atoms with Gasteiger partial charge >= 0.3 is 0 Å². The van der Waals surface area contributed by atoms with Gasteiger partial charge in [-0.3, -0.25) is 4.79 Å². The fourth-order valence-corrected chi connectivity index (χ4v) is 1.39. The summed E-state index contributed by atoms with van der Waals surface area (Å²) >= 11 is 3.33. The predicted octanol–water partition coefficient (Wildman–Crippen LogP) is 1.96. The summed E-state index contributed by atoms with van der Waals surface area (Å²) in [5, 5.41) is 0. The third-order valence-corrected chi connectivity index (χ3v) is 2.11. The molecule has 0 unspecified atom stereocenters. The van der Waals surface area contributed by atoms with Crippen LogP contribution in [0.4, 0.5) is 0 Å². The predicted molar refractivity (Wildman–Crippen MR) is 58.9 cm³/mol. The molecule has 0 aliphatic rings. The standard InChI is InChI=1S/C10H10BrNO2/c1-14-9-4-3-8(11)6-7(9)2-5-10(12)13/h2-6H,1H3,(H2,12,13)/b5-2-. The van der Waals surface area contributed by atoms with Gasteiger partial charge in [-0.1, -0.05) is 15.9 Å². The molecular weight excluding hydrogens is 246 g/mol. The first-order valence-corrected chi connectivity index (χ1v) is 4.74. The van der Waals surface area contributed by atoms with Gasteiger partial charge in [0.25, 0.3) is 0 Å². The first-order valence-electron chi connectivity index (χ1n) is 3.94. The molecule has 0 saturated carbocycles. The molecule has 2 N–H and O–H groups in total. The van der Waals surface area contributed by atoms with Gasteiger partial charge in [-0.2, -0.15) is 0 Å². The van der Waals surface area contributed by atoms with Crippen molar-refractivity contribution in [1.29, 1.82) is 0 Å². The quantitative estimate of drug-likeness (QED) is 0.840. The molecular formula is C10H10BrNO2. The van der Waals surface area contributed by atoms with Crippen molar-refractivity contribution in [1.82, 2.24) is 0 Å². The van der Waals surface area contributed by atoms with Gasteiger partial charge in [0.15, 0.2) is 0 Å². The van der Waals surface area contributed by atoms with Crippen LogP contribution in [0.1, 0.15) is 5.56 Å². The van der Waals surface area contributed by atoms with Crippen molar-refractivity contribution in [2.45, 2.75) is 0 Å². The Morgan fingerprint density at radius 2 is 2.29 bits per heavy atom. The van der Waals surface area contributed by atoms with E-state index in [0.717, 1.165) is 10.0 Å². The van der Waals surface area contributed by atoms with Crippen molar-refractivity contribution < 1.29 is 9.53 Å². The van der Waals surface area contributed by atoms with E-state index in [9.17, 15) is 4.79 Å². The monoisotopic (exact) mass is 255 g/mol. The molecule has 0 aliphatic heterocycles. The summed E-state index contributed by atoms with van der Waals surface area (Å²) in [6.45, 7) is 0. The van der Waals surface area contributed by atoms with Crippen molar-refractivity contribution in [2.24, 2.45) is 5.73 Å². The van der Waals surface area contributed by atoms with Crippen LogP contribution in [0, 0.1) is 0 Å². The molecule has 0 aromatic heterocycles. The highest BCUT2D eigenvalue weighted by molar-refractivity contribution is 9.10. The molecule has 0 heterocycles. The minimum absolute atomic E-state index is 0.480. The summed E-state index contributed by atoms with van der Waals surface area (Å²) in [7, 11) is 1.57. The third kappa shape index (κ3) is 2.88. The molecule has 14 heavy (non-hydrogen) atoms. The summed E-state index contributed by atoms with van der Waals surface area (Å²) in [6.07, 6.45) is 2.91. The Kier molecular flexibility index (Phi) is 3.71. The van der Waals surface area contributed by atoms with Gasteiger partial charge in [-0.15, -0.1) is 0 Å². The molecule has 4 heteroatoms. The van der Waals surface area contributed by atoms with E-state index in [1.54, 1.807) is 13.2 Å². The first kappa shape index (κ1) is 10.8. The number of primary amides is 1. The van der Waals surface area contributed by atoms with E-state index in [2.05, 4.69) is 15.9 Å². The van der Waals surface area contributed by atoms with E-state index in [-0.39, 0.29) is 0 Å². The largest absolute Gasteiger partial charge is 0.496 e. The number of amides is 1. The zero-order chi connectivity index (χ0) is 10.6. The van der Waals surface area contributed by atoms with Crippen LogP contribution in [0.3, 0.4) is 0 Å². The summed E-state index contributed by atoms with van der Waals surface area (Å²) in [5.74, 6) is 0.220. The van der Waals surface area contributed by atoms with Crippen LogP contribution in [-0.2, 0) is 4.79 Å². The second kappa shape index (κ2) is 4.81. The summed E-state index contributed by atoms with van der Waals surface area (Å²) in [5.41, 5.74) is 5.80. The summed E-state index contributed by atoms with van der Waals surface area (Å²) in [4.78, 5) is 10.5. The second-order valence-corrected chi connectivity index (χ2v) is 3.54. The van der Waals surface area contributed by atoms with Crippen molar-refractivity contribution in [3.8, 4) is 5.75 Å². The molecule has 0 bridgehead atoms. The van der Waals surface area contributed by atoms with E-state index < -0.39 is 5.91 Å². The molecule has 0 fully saturated rings. The average Bonchev–Trinajstić information content (AvgIpc) is 2.15. The highest BCUT2D eigenvalue weighted by atomic mass is 79.9. The smallest absolute Gasteiger partial charge is 0.241 e. The topological polar surface area (TPSA) is 52.3 Å². The van der Waals surface area contributed by atoms with Crippen molar-refractivity contribution in [2.75, 3.05) is 7.11 Å². The van der Waals surface area contributed by atoms with Crippen LogP contribution < -0.4 is 10.5 Å². The number of hydrogen-bond acceptors (Lipinski definition) is 2. The molecule has 0 aliphatic carbocycles. The van der Waals surface area contributed by atoms with Crippen molar-refractivity contribution in [3.63, 3.8) is 0 Å². The lowest BCUT2D eigenvalue weighted by atomic mass is 10.2. The van der Waals surface area contributed by atoms with E-state index in [1.807, 2.05) is 18.2 Å². The van der Waals surface area contributed by atoms with Crippen LogP contribution in [-0.4, -0.2) is 13.0 Å². The Morgan fingerprint density at radius 1 is 1.57 bits per heavy atom. The minimum Gasteiger partial charge on any atom is -0.496 e. The number of rotatable bonds is 3. The highest BCUT2D eigenvalue weighted by Crippen LogP contribution is 2.23. The molecule has 1 aromatic rings. The Morgan fingerprint density at radius 3 is 2.86 bits per heavy atom. The van der Waals surface area contributed by atoms with Gasteiger partial charge in [-0.05, 0) is 24.3 Å². The zero-order valence-corrected chi connectivity index (χ0v) is 9.24. The third-order valence-electron chi connectivity index (χ3n) is 1.62. The Hall–Kier alpha value is -1.29. The fraction of sp³-hybridized carbons (Fsp3) is 0.100. The van der Waals surface area contributed by atoms with Gasteiger partial charge in [0, 0.05) is 16.1 Å². The Labute approximate surface area is 90.7 Å². The van der Waals surface area contributed by atoms with Crippen molar-refractivity contribution in [3.05, 3.63) is 34.3 Å². The summed E-state index contributed by atoms with van der Waals surface area (Å²) in [6, 6.07) is 5.52. The lowest BCUT2D eigenvalue weighted by molar-refractivity contribution is -0.113. The highest BCUT2D eigenvalue weighted by Gasteiger charge is 1.99. The zero-order valence-electron chi connectivity index (χ0n) is 7.66. The molecule has 0 spiro atoms. The van der Waals surface area contributed by atoms with Crippen LogP contribution in [0.5, 0.6) is 5.75 Å². The average molecular weight is 256 g/mol. The van der Waals surface area contributed by atoms with Gasteiger partial charge in [0.05, 0.1) is 7.11 Å².